The maximum Gasteiger partial charge on any atom is 0.273 e. The molecule has 8 heteroatoms. The fourth-order valence-electron chi connectivity index (χ4n) is 1.47. The second-order valence-corrected chi connectivity index (χ2v) is 7.00. The normalized spacial score (nSPS) is 11.7. The van der Waals surface area contributed by atoms with Gasteiger partial charge in [0.15, 0.2) is 0 Å². The zero-order valence-corrected chi connectivity index (χ0v) is 13.8. The highest BCUT2D eigenvalue weighted by Gasteiger charge is 2.17. The summed E-state index contributed by atoms with van der Waals surface area (Å²) in [7, 11) is -1.95. The first-order valence-electron chi connectivity index (χ1n) is 6.57. The Kier molecular flexibility index (Phi) is 8.70. The molecule has 0 saturated carbocycles. The van der Waals surface area contributed by atoms with Gasteiger partial charge in [0.25, 0.3) is 10.0 Å². The Bertz CT molecular complexity index is 514. The van der Waals surface area contributed by atoms with E-state index in [2.05, 4.69) is 16.6 Å². The third-order valence-electron chi connectivity index (χ3n) is 2.46. The number of ether oxygens (including phenoxy) is 1. The molecule has 1 rings (SSSR count). The van der Waals surface area contributed by atoms with E-state index in [4.69, 9.17) is 9.15 Å². The number of thioether (sulfide) groups is 1. The van der Waals surface area contributed by atoms with Crippen LogP contribution in [0.5, 0.6) is 0 Å². The van der Waals surface area contributed by atoms with E-state index in [0.717, 1.165) is 5.75 Å². The van der Waals surface area contributed by atoms with Gasteiger partial charge in [0.2, 0.25) is 5.09 Å². The Labute approximate surface area is 130 Å². The molecule has 0 unspecified atom stereocenters. The number of rotatable bonds is 12. The molecule has 21 heavy (non-hydrogen) atoms. The van der Waals surface area contributed by atoms with E-state index in [9.17, 15) is 8.42 Å². The molecule has 0 aromatic carbocycles. The van der Waals surface area contributed by atoms with Gasteiger partial charge in [-0.1, -0.05) is 6.08 Å². The van der Waals surface area contributed by atoms with E-state index in [0.29, 0.717) is 37.8 Å². The average molecular weight is 334 g/mol. The van der Waals surface area contributed by atoms with Gasteiger partial charge in [-0.05, 0) is 12.1 Å². The van der Waals surface area contributed by atoms with E-state index in [1.807, 2.05) is 0 Å². The molecule has 0 aliphatic carbocycles. The lowest BCUT2D eigenvalue weighted by atomic mass is 10.4. The second-order valence-electron chi connectivity index (χ2n) is 4.15. The molecule has 0 aliphatic heterocycles. The van der Waals surface area contributed by atoms with E-state index in [1.54, 1.807) is 31.0 Å². The molecule has 0 amide bonds. The fraction of sp³-hybridized carbons (Fsp3) is 0.538. The first-order chi connectivity index (χ1) is 10.1. The molecule has 0 atom stereocenters. The quantitative estimate of drug-likeness (QED) is 0.442. The zero-order valence-electron chi connectivity index (χ0n) is 12.1. The van der Waals surface area contributed by atoms with Crippen LogP contribution in [0.4, 0.5) is 0 Å². The summed E-state index contributed by atoms with van der Waals surface area (Å²) >= 11 is 1.61. The number of furan rings is 1. The third kappa shape index (κ3) is 7.14. The molecule has 0 aliphatic rings. The van der Waals surface area contributed by atoms with Crippen LogP contribution in [0.25, 0.3) is 0 Å². The van der Waals surface area contributed by atoms with E-state index in [-0.39, 0.29) is 5.09 Å². The van der Waals surface area contributed by atoms with Gasteiger partial charge in [0.05, 0.1) is 13.2 Å². The molecule has 2 N–H and O–H groups in total. The monoisotopic (exact) mass is 334 g/mol. The molecule has 1 aromatic rings. The molecule has 0 radical (unpaired) electrons. The Morgan fingerprint density at radius 1 is 1.43 bits per heavy atom. The van der Waals surface area contributed by atoms with Crippen LogP contribution in [-0.2, 0) is 21.3 Å². The predicted molar refractivity (Wildman–Crippen MR) is 85.0 cm³/mol. The van der Waals surface area contributed by atoms with Crippen molar-refractivity contribution in [3.63, 3.8) is 0 Å². The Morgan fingerprint density at radius 2 is 2.24 bits per heavy atom. The summed E-state index contributed by atoms with van der Waals surface area (Å²) in [5.74, 6) is 2.07. The molecule has 1 heterocycles. The summed E-state index contributed by atoms with van der Waals surface area (Å²) in [6.07, 6.45) is 1.79. The molecule has 0 fully saturated rings. The van der Waals surface area contributed by atoms with Crippen molar-refractivity contribution in [2.75, 3.05) is 38.3 Å². The Morgan fingerprint density at radius 3 is 2.95 bits per heavy atom. The number of nitrogens with one attached hydrogen (secondary N) is 2. The molecule has 0 spiro atoms. The van der Waals surface area contributed by atoms with Crippen LogP contribution >= 0.6 is 11.8 Å². The van der Waals surface area contributed by atoms with Gasteiger partial charge >= 0.3 is 0 Å². The van der Waals surface area contributed by atoms with Crippen molar-refractivity contribution in [2.45, 2.75) is 11.6 Å². The van der Waals surface area contributed by atoms with Gasteiger partial charge in [-0.15, -0.1) is 6.58 Å². The molecule has 1 aromatic heterocycles. The molecular formula is C13H22N2O4S2. The first-order valence-corrected chi connectivity index (χ1v) is 9.20. The lowest BCUT2D eigenvalue weighted by Gasteiger charge is -2.04. The largest absolute Gasteiger partial charge is 0.447 e. The topological polar surface area (TPSA) is 80.6 Å². The van der Waals surface area contributed by atoms with Crippen molar-refractivity contribution in [2.24, 2.45) is 0 Å². The number of hydrogen-bond acceptors (Lipinski definition) is 6. The zero-order chi connectivity index (χ0) is 15.6. The molecule has 120 valence electrons. The average Bonchev–Trinajstić information content (AvgIpc) is 2.93. The van der Waals surface area contributed by atoms with Crippen LogP contribution in [0.3, 0.4) is 0 Å². The van der Waals surface area contributed by atoms with Crippen LogP contribution in [0, 0.1) is 0 Å². The van der Waals surface area contributed by atoms with Crippen molar-refractivity contribution in [3.05, 3.63) is 30.5 Å². The maximum atomic E-state index is 12.0. The first kappa shape index (κ1) is 18.2. The highest BCUT2D eigenvalue weighted by Crippen LogP contribution is 2.13. The summed E-state index contributed by atoms with van der Waals surface area (Å²) in [5.41, 5.74) is 0. The van der Waals surface area contributed by atoms with Crippen molar-refractivity contribution in [3.8, 4) is 0 Å². The van der Waals surface area contributed by atoms with Gasteiger partial charge in [0, 0.05) is 31.7 Å². The summed E-state index contributed by atoms with van der Waals surface area (Å²) in [6.45, 7) is 5.71. The van der Waals surface area contributed by atoms with E-state index in [1.165, 1.54) is 6.07 Å². The van der Waals surface area contributed by atoms with Gasteiger partial charge in [-0.3, -0.25) is 0 Å². The van der Waals surface area contributed by atoms with Gasteiger partial charge in [0.1, 0.15) is 5.76 Å². The second kappa shape index (κ2) is 10.0. The molecule has 0 saturated heterocycles. The van der Waals surface area contributed by atoms with Crippen LogP contribution in [0.15, 0.2) is 34.3 Å². The fourth-order valence-corrected chi connectivity index (χ4v) is 3.16. The van der Waals surface area contributed by atoms with Gasteiger partial charge < -0.3 is 14.5 Å². The Balaban J connectivity index is 2.40. The predicted octanol–water partition coefficient (Wildman–Crippen LogP) is 1.21. The van der Waals surface area contributed by atoms with Crippen molar-refractivity contribution in [1.82, 2.24) is 10.0 Å². The van der Waals surface area contributed by atoms with Crippen molar-refractivity contribution < 1.29 is 17.6 Å². The van der Waals surface area contributed by atoms with Crippen LogP contribution < -0.4 is 10.0 Å². The Hall–Kier alpha value is -0.800. The van der Waals surface area contributed by atoms with Crippen molar-refractivity contribution in [1.29, 1.82) is 0 Å². The van der Waals surface area contributed by atoms with E-state index < -0.39 is 10.0 Å². The van der Waals surface area contributed by atoms with Crippen molar-refractivity contribution >= 4 is 21.8 Å². The highest BCUT2D eigenvalue weighted by atomic mass is 32.2. The molecular weight excluding hydrogens is 312 g/mol. The van der Waals surface area contributed by atoms with Crippen LogP contribution in [0.1, 0.15) is 5.76 Å². The third-order valence-corrected chi connectivity index (χ3v) is 4.76. The minimum atomic E-state index is -3.57. The standard InChI is InChI=1S/C13H22N2O4S2/c1-3-9-20-10-7-15-21(16,17)13-5-4-12(19-13)11-14-6-8-18-2/h3-5,14-15H,1,6-11H2,2H3. The number of hydrogen-bond donors (Lipinski definition) is 2. The summed E-state index contributed by atoms with van der Waals surface area (Å²) < 4.78 is 36.7. The van der Waals surface area contributed by atoms with Crippen LogP contribution in [-0.4, -0.2) is 46.7 Å². The smallest absolute Gasteiger partial charge is 0.273 e. The molecule has 0 bridgehead atoms. The highest BCUT2D eigenvalue weighted by molar-refractivity contribution is 7.99. The number of sulfonamides is 1. The minimum Gasteiger partial charge on any atom is -0.447 e. The lowest BCUT2D eigenvalue weighted by Crippen LogP contribution is -2.25. The maximum absolute atomic E-state index is 12.0. The summed E-state index contributed by atoms with van der Waals surface area (Å²) in [5, 5.41) is 3.03. The van der Waals surface area contributed by atoms with E-state index >= 15 is 0 Å². The van der Waals surface area contributed by atoms with Gasteiger partial charge in [-0.25, -0.2) is 13.1 Å². The number of methoxy groups -OCH3 is 1. The summed E-state index contributed by atoms with van der Waals surface area (Å²) in [6, 6.07) is 3.12. The van der Waals surface area contributed by atoms with Crippen LogP contribution in [0.2, 0.25) is 0 Å². The SMILES string of the molecule is C=CCSCCNS(=O)(=O)c1ccc(CNCCOC)o1. The summed E-state index contributed by atoms with van der Waals surface area (Å²) in [4.78, 5) is 0. The minimum absolute atomic E-state index is 0.0558. The molecule has 6 nitrogen and oxygen atoms in total. The lowest BCUT2D eigenvalue weighted by molar-refractivity contribution is 0.198. The van der Waals surface area contributed by atoms with Gasteiger partial charge in [-0.2, -0.15) is 11.8 Å².